The van der Waals surface area contributed by atoms with Crippen LogP contribution < -0.4 is 9.64 Å². The summed E-state index contributed by atoms with van der Waals surface area (Å²) >= 11 is 1.56. The maximum absolute atomic E-state index is 13.3. The first-order chi connectivity index (χ1) is 17.2. The van der Waals surface area contributed by atoms with Gasteiger partial charge in [0.15, 0.2) is 0 Å². The van der Waals surface area contributed by atoms with Gasteiger partial charge in [0, 0.05) is 18.0 Å². The molecule has 35 heavy (non-hydrogen) atoms. The van der Waals surface area contributed by atoms with Crippen LogP contribution in [0.3, 0.4) is 0 Å². The molecule has 0 saturated carbocycles. The minimum Gasteiger partial charge on any atom is -0.489 e. The van der Waals surface area contributed by atoms with Gasteiger partial charge in [-0.3, -0.25) is 9.69 Å². The number of allylic oxidation sites excluding steroid dienone is 1. The number of carbonyl (C=O) groups is 1. The molecule has 1 saturated heterocycles. The van der Waals surface area contributed by atoms with Crippen molar-refractivity contribution in [2.45, 2.75) is 32.3 Å². The van der Waals surface area contributed by atoms with Crippen molar-refractivity contribution < 1.29 is 9.53 Å². The Morgan fingerprint density at radius 2 is 1.83 bits per heavy atom. The van der Waals surface area contributed by atoms with E-state index in [2.05, 4.69) is 42.2 Å². The highest BCUT2D eigenvalue weighted by molar-refractivity contribution is 8.03. The third-order valence-electron chi connectivity index (χ3n) is 6.51. The van der Waals surface area contributed by atoms with Crippen molar-refractivity contribution in [2.24, 2.45) is 0 Å². The van der Waals surface area contributed by atoms with Crippen molar-refractivity contribution in [3.63, 3.8) is 0 Å². The van der Waals surface area contributed by atoms with Crippen LogP contribution in [0.2, 0.25) is 0 Å². The standard InChI is InChI=1S/C29H27N3O2S/c1-2-21-11-13-24(14-12-21)31-19-32-28(33)16-26(27(17-30)29(32)35-20-31)23-9-6-10-25(15-23)34-18-22-7-4-3-5-8-22/h3-15,26H,2,16,18-20H2,1H3. The second kappa shape index (κ2) is 10.3. The molecule has 1 amide bonds. The van der Waals surface area contributed by atoms with Crippen molar-refractivity contribution in [2.75, 3.05) is 17.4 Å². The lowest BCUT2D eigenvalue weighted by Gasteiger charge is -2.42. The fourth-order valence-electron chi connectivity index (χ4n) is 4.51. The molecule has 0 N–H and O–H groups in total. The molecule has 176 valence electrons. The molecule has 5 rings (SSSR count). The van der Waals surface area contributed by atoms with E-state index in [1.54, 1.807) is 16.7 Å². The first-order valence-electron chi connectivity index (χ1n) is 11.8. The molecular weight excluding hydrogens is 454 g/mol. The van der Waals surface area contributed by atoms with Gasteiger partial charge in [0.2, 0.25) is 5.91 Å². The van der Waals surface area contributed by atoms with Gasteiger partial charge in [0.1, 0.15) is 12.4 Å². The summed E-state index contributed by atoms with van der Waals surface area (Å²) in [5, 5.41) is 10.9. The number of benzene rings is 3. The molecule has 1 unspecified atom stereocenters. The molecule has 0 aliphatic carbocycles. The first kappa shape index (κ1) is 23.1. The molecule has 0 radical (unpaired) electrons. The minimum atomic E-state index is -0.262. The first-order valence-corrected chi connectivity index (χ1v) is 12.8. The van der Waals surface area contributed by atoms with Gasteiger partial charge >= 0.3 is 0 Å². The fourth-order valence-corrected chi connectivity index (χ4v) is 5.68. The molecule has 0 bridgehead atoms. The lowest BCUT2D eigenvalue weighted by molar-refractivity contribution is -0.129. The smallest absolute Gasteiger partial charge is 0.229 e. The molecular formula is C29H27N3O2S. The number of thioether (sulfide) groups is 1. The van der Waals surface area contributed by atoms with Crippen LogP contribution in [0.1, 0.15) is 36.0 Å². The Labute approximate surface area is 210 Å². The maximum atomic E-state index is 13.3. The van der Waals surface area contributed by atoms with E-state index in [0.29, 0.717) is 24.7 Å². The molecule has 2 aliphatic rings. The van der Waals surface area contributed by atoms with Gasteiger partial charge in [-0.1, -0.05) is 73.3 Å². The van der Waals surface area contributed by atoms with Crippen LogP contribution in [-0.4, -0.2) is 23.4 Å². The molecule has 1 fully saturated rings. The van der Waals surface area contributed by atoms with Gasteiger partial charge in [0.05, 0.1) is 29.2 Å². The molecule has 6 heteroatoms. The zero-order valence-electron chi connectivity index (χ0n) is 19.7. The lowest BCUT2D eigenvalue weighted by Crippen LogP contribution is -2.47. The Morgan fingerprint density at radius 1 is 1.03 bits per heavy atom. The van der Waals surface area contributed by atoms with E-state index in [1.807, 2.05) is 54.6 Å². The molecule has 0 spiro atoms. The summed E-state index contributed by atoms with van der Waals surface area (Å²) in [6, 6.07) is 28.7. The second-order valence-electron chi connectivity index (χ2n) is 8.73. The molecule has 2 aliphatic heterocycles. The number of nitriles is 1. The molecule has 0 aromatic heterocycles. The minimum absolute atomic E-state index is 0.0435. The van der Waals surface area contributed by atoms with E-state index in [0.717, 1.165) is 34.0 Å². The number of fused-ring (bicyclic) bond motifs is 1. The summed E-state index contributed by atoms with van der Waals surface area (Å²) in [5.74, 6) is 1.22. The molecule has 3 aromatic rings. The molecule has 5 nitrogen and oxygen atoms in total. The Bertz CT molecular complexity index is 1280. The number of anilines is 1. The third-order valence-corrected chi connectivity index (χ3v) is 7.67. The SMILES string of the molecule is CCc1ccc(N2CSC3=C(C#N)C(c4cccc(OCc5ccccc5)c4)CC(=O)N3C2)cc1. The van der Waals surface area contributed by atoms with Crippen LogP contribution in [0, 0.1) is 11.3 Å². The van der Waals surface area contributed by atoms with Crippen molar-refractivity contribution >= 4 is 23.4 Å². The average Bonchev–Trinajstić information content (AvgIpc) is 2.92. The number of amides is 1. The summed E-state index contributed by atoms with van der Waals surface area (Å²) in [7, 11) is 0. The van der Waals surface area contributed by atoms with Gasteiger partial charge in [0.25, 0.3) is 0 Å². The van der Waals surface area contributed by atoms with E-state index >= 15 is 0 Å². The Morgan fingerprint density at radius 3 is 2.57 bits per heavy atom. The monoisotopic (exact) mass is 481 g/mol. The lowest BCUT2D eigenvalue weighted by atomic mass is 9.86. The van der Waals surface area contributed by atoms with Gasteiger partial charge in [-0.15, -0.1) is 0 Å². The highest BCUT2D eigenvalue weighted by atomic mass is 32.2. The van der Waals surface area contributed by atoms with E-state index in [4.69, 9.17) is 4.74 Å². The Balaban J connectivity index is 1.36. The van der Waals surface area contributed by atoms with Crippen molar-refractivity contribution in [1.82, 2.24) is 4.90 Å². The highest BCUT2D eigenvalue weighted by Gasteiger charge is 2.38. The zero-order chi connectivity index (χ0) is 24.2. The van der Waals surface area contributed by atoms with E-state index in [9.17, 15) is 10.1 Å². The number of hydrogen-bond donors (Lipinski definition) is 0. The van der Waals surface area contributed by atoms with E-state index in [-0.39, 0.29) is 18.2 Å². The van der Waals surface area contributed by atoms with E-state index in [1.165, 1.54) is 5.56 Å². The second-order valence-corrected chi connectivity index (χ2v) is 9.66. The van der Waals surface area contributed by atoms with Gasteiger partial charge in [-0.2, -0.15) is 5.26 Å². The summed E-state index contributed by atoms with van der Waals surface area (Å²) in [5.41, 5.74) is 5.07. The van der Waals surface area contributed by atoms with Crippen molar-refractivity contribution in [1.29, 1.82) is 5.26 Å². The summed E-state index contributed by atoms with van der Waals surface area (Å²) in [6.45, 7) is 3.07. The summed E-state index contributed by atoms with van der Waals surface area (Å²) < 4.78 is 6.00. The topological polar surface area (TPSA) is 56.6 Å². The van der Waals surface area contributed by atoms with E-state index < -0.39 is 0 Å². The van der Waals surface area contributed by atoms with Crippen LogP contribution in [-0.2, 0) is 17.8 Å². The summed E-state index contributed by atoms with van der Waals surface area (Å²) in [4.78, 5) is 17.2. The van der Waals surface area contributed by atoms with Crippen molar-refractivity contribution in [3.05, 3.63) is 106 Å². The quantitative estimate of drug-likeness (QED) is 0.429. The van der Waals surface area contributed by atoms with Gasteiger partial charge < -0.3 is 9.64 Å². The number of ether oxygens (including phenoxy) is 1. The average molecular weight is 482 g/mol. The predicted molar refractivity (Wildman–Crippen MR) is 140 cm³/mol. The Kier molecular flexibility index (Phi) is 6.78. The van der Waals surface area contributed by atoms with Crippen LogP contribution in [0.5, 0.6) is 5.75 Å². The maximum Gasteiger partial charge on any atom is 0.229 e. The van der Waals surface area contributed by atoms with Gasteiger partial charge in [-0.25, -0.2) is 0 Å². The highest BCUT2D eigenvalue weighted by Crippen LogP contribution is 2.43. The number of aryl methyl sites for hydroxylation is 1. The summed E-state index contributed by atoms with van der Waals surface area (Å²) in [6.07, 6.45) is 1.27. The number of nitrogens with zero attached hydrogens (tertiary/aromatic N) is 3. The largest absolute Gasteiger partial charge is 0.489 e. The predicted octanol–water partition coefficient (Wildman–Crippen LogP) is 6.05. The van der Waals surface area contributed by atoms with Gasteiger partial charge in [-0.05, 0) is 47.4 Å². The molecule has 2 heterocycles. The van der Waals surface area contributed by atoms with Crippen molar-refractivity contribution in [3.8, 4) is 11.8 Å². The van der Waals surface area contributed by atoms with Crippen LogP contribution >= 0.6 is 11.8 Å². The molecule has 1 atom stereocenters. The number of rotatable bonds is 6. The van der Waals surface area contributed by atoms with Crippen LogP contribution in [0.4, 0.5) is 5.69 Å². The molecule has 3 aromatic carbocycles. The number of hydrogen-bond acceptors (Lipinski definition) is 5. The third kappa shape index (κ3) is 4.91. The van der Waals surface area contributed by atoms with Crippen LogP contribution in [0.15, 0.2) is 89.5 Å². The normalized spacial score (nSPS) is 17.7. The Hall–Kier alpha value is -3.69. The zero-order valence-corrected chi connectivity index (χ0v) is 20.5. The fraction of sp³-hybridized carbons (Fsp3) is 0.241. The number of carbonyl (C=O) groups excluding carboxylic acids is 1. The van der Waals surface area contributed by atoms with Crippen LogP contribution in [0.25, 0.3) is 0 Å².